The predicted molar refractivity (Wildman–Crippen MR) is 48.8 cm³/mol. The summed E-state index contributed by atoms with van der Waals surface area (Å²) >= 11 is 0. The Bertz CT molecular complexity index is 241. The summed E-state index contributed by atoms with van der Waals surface area (Å²) < 4.78 is 5.15. The second-order valence-corrected chi connectivity index (χ2v) is 3.38. The summed E-state index contributed by atoms with van der Waals surface area (Å²) in [5, 5.41) is 8.90. The third-order valence-electron chi connectivity index (χ3n) is 2.44. The minimum Gasteiger partial charge on any atom is -0.480 e. The molecule has 0 bridgehead atoms. The Balaban J connectivity index is 2.83. The van der Waals surface area contributed by atoms with Crippen LogP contribution in [0.3, 0.4) is 0 Å². The number of morpholine rings is 1. The van der Waals surface area contributed by atoms with Crippen LogP contribution < -0.4 is 0 Å². The summed E-state index contributed by atoms with van der Waals surface area (Å²) in [5.74, 6) is -1.20. The molecule has 0 aromatic rings. The molecule has 0 aromatic heterocycles. The van der Waals surface area contributed by atoms with Gasteiger partial charge in [0.25, 0.3) is 0 Å². The van der Waals surface area contributed by atoms with Crippen molar-refractivity contribution >= 4 is 11.9 Å². The van der Waals surface area contributed by atoms with Crippen molar-refractivity contribution in [2.75, 3.05) is 13.2 Å². The monoisotopic (exact) mass is 201 g/mol. The number of carbonyl (C=O) groups is 2. The zero-order valence-corrected chi connectivity index (χ0v) is 8.40. The molecule has 1 rings (SSSR count). The fourth-order valence-electron chi connectivity index (χ4n) is 1.71. The maximum absolute atomic E-state index is 11.3. The van der Waals surface area contributed by atoms with Crippen molar-refractivity contribution in [2.24, 2.45) is 0 Å². The predicted octanol–water partition coefficient (Wildman–Crippen LogP) is 0.0969. The first-order chi connectivity index (χ1) is 6.57. The van der Waals surface area contributed by atoms with Gasteiger partial charge in [0.2, 0.25) is 5.91 Å². The van der Waals surface area contributed by atoms with Crippen LogP contribution in [0, 0.1) is 0 Å². The van der Waals surface area contributed by atoms with Crippen LogP contribution in [0.4, 0.5) is 0 Å². The first-order valence-corrected chi connectivity index (χ1v) is 4.67. The molecule has 1 N–H and O–H groups in total. The number of ether oxygens (including phenoxy) is 1. The van der Waals surface area contributed by atoms with Crippen molar-refractivity contribution in [3.05, 3.63) is 0 Å². The van der Waals surface area contributed by atoms with Crippen molar-refractivity contribution in [3.63, 3.8) is 0 Å². The molecular weight excluding hydrogens is 186 g/mol. The first kappa shape index (κ1) is 11.0. The molecule has 0 aliphatic carbocycles. The Kier molecular flexibility index (Phi) is 3.46. The van der Waals surface area contributed by atoms with Crippen molar-refractivity contribution < 1.29 is 19.4 Å². The molecule has 0 aromatic carbocycles. The highest BCUT2D eigenvalue weighted by Crippen LogP contribution is 2.16. The molecule has 1 fully saturated rings. The average Bonchev–Trinajstić information content (AvgIpc) is 2.16. The molecular formula is C9H15NO4. The standard InChI is InChI=1S/C9H15NO4/c1-3-7-4-14-5-8(9(12)13)10(7)6(2)11/h7-8H,3-5H2,1-2H3,(H,12,13)/t7-,8-/m1/s1. The van der Waals surface area contributed by atoms with Gasteiger partial charge in [-0.3, -0.25) is 4.79 Å². The smallest absolute Gasteiger partial charge is 0.328 e. The molecule has 0 radical (unpaired) electrons. The van der Waals surface area contributed by atoms with E-state index in [1.54, 1.807) is 0 Å². The van der Waals surface area contributed by atoms with Crippen LogP contribution in [0.2, 0.25) is 0 Å². The molecule has 0 unspecified atom stereocenters. The SMILES string of the molecule is CC[C@@H]1COC[C@H](C(=O)O)N1C(C)=O. The topological polar surface area (TPSA) is 66.8 Å². The van der Waals surface area contributed by atoms with E-state index in [0.29, 0.717) is 13.0 Å². The van der Waals surface area contributed by atoms with Gasteiger partial charge in [-0.05, 0) is 6.42 Å². The number of aliphatic carboxylic acids is 1. The van der Waals surface area contributed by atoms with E-state index < -0.39 is 12.0 Å². The van der Waals surface area contributed by atoms with Gasteiger partial charge in [0.05, 0.1) is 19.3 Å². The maximum atomic E-state index is 11.3. The van der Waals surface area contributed by atoms with Crippen LogP contribution >= 0.6 is 0 Å². The minimum absolute atomic E-state index is 0.0887. The van der Waals surface area contributed by atoms with Crippen LogP contribution in [-0.2, 0) is 14.3 Å². The Morgan fingerprint density at radius 2 is 2.14 bits per heavy atom. The van der Waals surface area contributed by atoms with Crippen LogP contribution in [0.1, 0.15) is 20.3 Å². The quantitative estimate of drug-likeness (QED) is 0.688. The Labute approximate surface area is 82.6 Å². The highest BCUT2D eigenvalue weighted by atomic mass is 16.5. The van der Waals surface area contributed by atoms with E-state index >= 15 is 0 Å². The van der Waals surface area contributed by atoms with E-state index in [1.165, 1.54) is 11.8 Å². The molecule has 5 nitrogen and oxygen atoms in total. The van der Waals surface area contributed by atoms with E-state index in [2.05, 4.69) is 0 Å². The summed E-state index contributed by atoms with van der Waals surface area (Å²) in [6.07, 6.45) is 0.712. The van der Waals surface area contributed by atoms with E-state index in [0.717, 1.165) is 0 Å². The molecule has 1 aliphatic rings. The van der Waals surface area contributed by atoms with E-state index in [-0.39, 0.29) is 18.6 Å². The third kappa shape index (κ3) is 2.04. The zero-order valence-electron chi connectivity index (χ0n) is 8.40. The van der Waals surface area contributed by atoms with E-state index in [9.17, 15) is 9.59 Å². The molecule has 1 aliphatic heterocycles. The van der Waals surface area contributed by atoms with E-state index in [1.807, 2.05) is 6.92 Å². The number of hydrogen-bond acceptors (Lipinski definition) is 3. The zero-order chi connectivity index (χ0) is 10.7. The summed E-state index contributed by atoms with van der Waals surface area (Å²) in [6.45, 7) is 3.82. The van der Waals surface area contributed by atoms with Gasteiger partial charge in [-0.2, -0.15) is 0 Å². The molecule has 5 heteroatoms. The van der Waals surface area contributed by atoms with Gasteiger partial charge in [-0.25, -0.2) is 4.79 Å². The first-order valence-electron chi connectivity index (χ1n) is 4.67. The van der Waals surface area contributed by atoms with Crippen LogP contribution in [0.15, 0.2) is 0 Å². The number of nitrogens with zero attached hydrogens (tertiary/aromatic N) is 1. The van der Waals surface area contributed by atoms with Crippen molar-refractivity contribution in [1.82, 2.24) is 4.90 Å². The molecule has 2 atom stereocenters. The molecule has 0 spiro atoms. The lowest BCUT2D eigenvalue weighted by atomic mass is 10.1. The number of rotatable bonds is 2. The lowest BCUT2D eigenvalue weighted by Gasteiger charge is -2.38. The number of hydrogen-bond donors (Lipinski definition) is 1. The lowest BCUT2D eigenvalue weighted by molar-refractivity contribution is -0.162. The van der Waals surface area contributed by atoms with Crippen LogP contribution in [0.5, 0.6) is 0 Å². The highest BCUT2D eigenvalue weighted by Gasteiger charge is 2.36. The highest BCUT2D eigenvalue weighted by molar-refractivity contribution is 5.82. The maximum Gasteiger partial charge on any atom is 0.328 e. The summed E-state index contributed by atoms with van der Waals surface area (Å²) in [6, 6.07) is -0.937. The third-order valence-corrected chi connectivity index (χ3v) is 2.44. The average molecular weight is 201 g/mol. The van der Waals surface area contributed by atoms with Crippen LogP contribution in [-0.4, -0.2) is 47.2 Å². The number of carboxylic acid groups (broad SMARTS) is 1. The summed E-state index contributed by atoms with van der Waals surface area (Å²) in [7, 11) is 0. The fraction of sp³-hybridized carbons (Fsp3) is 0.778. The normalized spacial score (nSPS) is 27.4. The minimum atomic E-state index is -1.00. The van der Waals surface area contributed by atoms with Crippen molar-refractivity contribution in [1.29, 1.82) is 0 Å². The molecule has 0 saturated carbocycles. The molecule has 80 valence electrons. The largest absolute Gasteiger partial charge is 0.480 e. The summed E-state index contributed by atoms with van der Waals surface area (Å²) in [5.41, 5.74) is 0. The van der Waals surface area contributed by atoms with Gasteiger partial charge >= 0.3 is 5.97 Å². The van der Waals surface area contributed by atoms with Gasteiger partial charge < -0.3 is 14.7 Å². The van der Waals surface area contributed by atoms with Gasteiger partial charge in [-0.15, -0.1) is 0 Å². The molecule has 1 saturated heterocycles. The van der Waals surface area contributed by atoms with Crippen molar-refractivity contribution in [3.8, 4) is 0 Å². The Morgan fingerprint density at radius 3 is 2.57 bits per heavy atom. The van der Waals surface area contributed by atoms with Gasteiger partial charge in [0.1, 0.15) is 0 Å². The van der Waals surface area contributed by atoms with Gasteiger partial charge in [0, 0.05) is 6.92 Å². The number of carboxylic acids is 1. The second-order valence-electron chi connectivity index (χ2n) is 3.38. The second kappa shape index (κ2) is 4.41. The summed E-state index contributed by atoms with van der Waals surface area (Å²) in [4.78, 5) is 23.6. The molecule has 1 heterocycles. The number of carbonyl (C=O) groups excluding carboxylic acids is 1. The Hall–Kier alpha value is -1.10. The fourth-order valence-corrected chi connectivity index (χ4v) is 1.71. The number of amides is 1. The van der Waals surface area contributed by atoms with Crippen molar-refractivity contribution in [2.45, 2.75) is 32.4 Å². The van der Waals surface area contributed by atoms with Gasteiger partial charge in [0.15, 0.2) is 6.04 Å². The Morgan fingerprint density at radius 1 is 1.50 bits per heavy atom. The molecule has 1 amide bonds. The molecule has 14 heavy (non-hydrogen) atoms. The van der Waals surface area contributed by atoms with Crippen LogP contribution in [0.25, 0.3) is 0 Å². The van der Waals surface area contributed by atoms with E-state index in [4.69, 9.17) is 9.84 Å². The van der Waals surface area contributed by atoms with Gasteiger partial charge in [-0.1, -0.05) is 6.92 Å². The lowest BCUT2D eigenvalue weighted by Crippen LogP contribution is -2.57.